The molecule has 0 saturated carbocycles. The van der Waals surface area contributed by atoms with Crippen molar-refractivity contribution in [3.63, 3.8) is 0 Å². The average Bonchev–Trinajstić information content (AvgIpc) is 1.94. The van der Waals surface area contributed by atoms with Crippen molar-refractivity contribution < 1.29 is 88.1 Å². The van der Waals surface area contributed by atoms with Crippen molar-refractivity contribution in [1.82, 2.24) is 0 Å². The third kappa shape index (κ3) is 20.8. The Labute approximate surface area is 134 Å². The maximum atomic E-state index is 8.65. The second kappa shape index (κ2) is 14.8. The fraction of sp³-hybridized carbons (Fsp3) is 0. The van der Waals surface area contributed by atoms with Gasteiger partial charge in [-0.05, 0) is 24.3 Å². The summed E-state index contributed by atoms with van der Waals surface area (Å²) < 4.78 is 24.1. The Morgan fingerprint density at radius 1 is 1.00 bits per heavy atom. The van der Waals surface area contributed by atoms with E-state index in [1.807, 2.05) is 0 Å². The van der Waals surface area contributed by atoms with E-state index in [0.29, 0.717) is 0 Å². The van der Waals surface area contributed by atoms with Gasteiger partial charge in [-0.2, -0.15) is 0 Å². The van der Waals surface area contributed by atoms with Crippen LogP contribution in [0.4, 0.5) is 0 Å². The van der Waals surface area contributed by atoms with E-state index in [2.05, 4.69) is 0 Å². The van der Waals surface area contributed by atoms with E-state index in [1.165, 1.54) is 24.3 Å². The van der Waals surface area contributed by atoms with Gasteiger partial charge in [-0.25, -0.2) is 4.21 Å². The summed E-state index contributed by atoms with van der Waals surface area (Å²) in [6.45, 7) is 0. The molecule has 0 fully saturated rings. The molecule has 0 aromatic heterocycles. The van der Waals surface area contributed by atoms with Gasteiger partial charge in [0.05, 0.1) is 11.4 Å². The van der Waals surface area contributed by atoms with Crippen molar-refractivity contribution in [1.29, 1.82) is 0 Å². The van der Waals surface area contributed by atoms with Gasteiger partial charge in [0.15, 0.2) is 0 Å². The van der Waals surface area contributed by atoms with E-state index in [1.54, 1.807) is 0 Å². The zero-order chi connectivity index (χ0) is 9.56. The van der Waals surface area contributed by atoms with E-state index in [-0.39, 0.29) is 76.1 Å². The van der Waals surface area contributed by atoms with Crippen molar-refractivity contribution in [2.45, 2.75) is 0 Å². The minimum Gasteiger partial charge on any atom is -0.870 e. The number of phenols is 2. The van der Waals surface area contributed by atoms with Gasteiger partial charge in [0.25, 0.3) is 0 Å². The van der Waals surface area contributed by atoms with E-state index in [9.17, 15) is 0 Å². The number of hydrogen-bond acceptors (Lipinski definition) is 5. The number of benzene rings is 1. The predicted molar refractivity (Wildman–Crippen MR) is 43.3 cm³/mol. The molecule has 0 bridgehead atoms. The minimum absolute atomic E-state index is 0. The summed E-state index contributed by atoms with van der Waals surface area (Å²) in [6, 6.07) is 5.70. The van der Waals surface area contributed by atoms with Crippen molar-refractivity contribution in [2.24, 2.45) is 0 Å². The second-order valence-electron chi connectivity index (χ2n) is 1.73. The SMILES string of the molecule is O=S([O-])O.Oc1ccc(O)cc1.[Na+].[Na+].[OH-]. The van der Waals surface area contributed by atoms with Crippen LogP contribution in [0.3, 0.4) is 0 Å². The summed E-state index contributed by atoms with van der Waals surface area (Å²) in [4.78, 5) is 0. The fourth-order valence-corrected chi connectivity index (χ4v) is 0.453. The van der Waals surface area contributed by atoms with Crippen LogP contribution < -0.4 is 59.1 Å². The molecule has 0 amide bonds. The standard InChI is InChI=1S/C6H6O2.2Na.H2O3S.H2O/c7-5-1-2-6(8)4-3-5;;;1-4(2)3;/h1-4,7-8H;;;(H2,1,2,3);1H2/q;2*+1;;/p-2. The zero-order valence-corrected chi connectivity index (χ0v) is 13.1. The molecule has 0 heterocycles. The molecule has 0 aliphatic rings. The topological polar surface area (TPSA) is 131 Å². The summed E-state index contributed by atoms with van der Waals surface area (Å²) in [5.41, 5.74) is 0. The Kier molecular flexibility index (Phi) is 24.6. The maximum Gasteiger partial charge on any atom is 1.00 e. The quantitative estimate of drug-likeness (QED) is 0.240. The maximum absolute atomic E-state index is 8.65. The molecule has 1 atom stereocenters. The van der Waals surface area contributed by atoms with E-state index >= 15 is 0 Å². The Morgan fingerprint density at radius 2 is 1.13 bits per heavy atom. The molecule has 0 saturated heterocycles. The van der Waals surface area contributed by atoms with Crippen LogP contribution in [-0.4, -0.2) is 29.0 Å². The average molecular weight is 254 g/mol. The normalized spacial score (nSPS) is 8.93. The first-order chi connectivity index (χ1) is 5.52. The van der Waals surface area contributed by atoms with E-state index in [0.717, 1.165) is 0 Å². The van der Waals surface area contributed by atoms with Crippen molar-refractivity contribution >= 4 is 11.4 Å². The summed E-state index contributed by atoms with van der Waals surface area (Å²) in [5.74, 6) is 0.339. The van der Waals surface area contributed by atoms with Gasteiger partial charge in [0, 0.05) is 0 Å². The molecule has 9 heteroatoms. The molecule has 76 valence electrons. The Morgan fingerprint density at radius 3 is 1.27 bits per heavy atom. The molecule has 6 nitrogen and oxygen atoms in total. The van der Waals surface area contributed by atoms with Gasteiger partial charge in [-0.15, -0.1) is 0 Å². The number of phenolic OH excluding ortho intramolecular Hbond substituents is 2. The van der Waals surface area contributed by atoms with Crippen molar-refractivity contribution in [2.75, 3.05) is 0 Å². The zero-order valence-electron chi connectivity index (χ0n) is 8.32. The molecular formula is C6H8Na2O6S. The summed E-state index contributed by atoms with van der Waals surface area (Å²) in [6.07, 6.45) is 0. The summed E-state index contributed by atoms with van der Waals surface area (Å²) in [7, 11) is 0. The molecule has 15 heavy (non-hydrogen) atoms. The van der Waals surface area contributed by atoms with Gasteiger partial charge < -0.3 is 24.8 Å². The number of hydrogen-bond donors (Lipinski definition) is 3. The molecule has 1 unspecified atom stereocenters. The van der Waals surface area contributed by atoms with Gasteiger partial charge in [0.1, 0.15) is 11.5 Å². The Bertz CT molecular complexity index is 229. The second-order valence-corrected chi connectivity index (χ2v) is 2.17. The molecule has 4 N–H and O–H groups in total. The third-order valence-corrected chi connectivity index (χ3v) is 0.850. The summed E-state index contributed by atoms with van der Waals surface area (Å²) >= 11 is -2.86. The van der Waals surface area contributed by atoms with Gasteiger partial charge in [-0.1, -0.05) is 0 Å². The molecular weight excluding hydrogens is 246 g/mol. The molecule has 0 radical (unpaired) electrons. The molecule has 1 rings (SSSR count). The van der Waals surface area contributed by atoms with Crippen LogP contribution in [0.1, 0.15) is 0 Å². The first-order valence-electron chi connectivity index (χ1n) is 2.78. The molecule has 0 aliphatic carbocycles. The minimum atomic E-state index is -2.86. The third-order valence-electron chi connectivity index (χ3n) is 0.850. The summed E-state index contributed by atoms with van der Waals surface area (Å²) in [5, 5.41) is 17.3. The van der Waals surface area contributed by atoms with Gasteiger partial charge >= 0.3 is 59.1 Å². The number of aromatic hydroxyl groups is 2. The van der Waals surface area contributed by atoms with Crippen LogP contribution in [-0.2, 0) is 11.4 Å². The fourth-order valence-electron chi connectivity index (χ4n) is 0.453. The molecule has 0 spiro atoms. The van der Waals surface area contributed by atoms with Crippen LogP contribution in [0.25, 0.3) is 0 Å². The Hall–Kier alpha value is 0.850. The molecule has 0 aliphatic heterocycles. The van der Waals surface area contributed by atoms with Gasteiger partial charge in [0.2, 0.25) is 0 Å². The molecule has 1 aromatic rings. The van der Waals surface area contributed by atoms with Crippen molar-refractivity contribution in [3.05, 3.63) is 24.3 Å². The largest absolute Gasteiger partial charge is 1.00 e. The number of rotatable bonds is 0. The van der Waals surface area contributed by atoms with Crippen LogP contribution in [0, 0.1) is 0 Å². The van der Waals surface area contributed by atoms with Crippen LogP contribution in [0.2, 0.25) is 0 Å². The van der Waals surface area contributed by atoms with E-state index < -0.39 is 11.4 Å². The van der Waals surface area contributed by atoms with Crippen LogP contribution in [0.5, 0.6) is 11.5 Å². The van der Waals surface area contributed by atoms with Crippen LogP contribution in [0.15, 0.2) is 24.3 Å². The first-order valence-corrected chi connectivity index (χ1v) is 3.82. The smallest absolute Gasteiger partial charge is 0.870 e. The first kappa shape index (κ1) is 24.9. The Balaban J connectivity index is -0.0000000779. The van der Waals surface area contributed by atoms with E-state index in [4.69, 9.17) is 23.5 Å². The van der Waals surface area contributed by atoms with Crippen LogP contribution >= 0.6 is 0 Å². The van der Waals surface area contributed by atoms with Crippen molar-refractivity contribution in [3.8, 4) is 11.5 Å². The predicted octanol–water partition coefficient (Wildman–Crippen LogP) is -5.73. The van der Waals surface area contributed by atoms with Gasteiger partial charge in [-0.3, -0.25) is 0 Å². The monoisotopic (exact) mass is 254 g/mol. The molecule has 1 aromatic carbocycles.